The average molecular weight is 397 g/mol. The van der Waals surface area contributed by atoms with Crippen molar-refractivity contribution in [3.8, 4) is 0 Å². The van der Waals surface area contributed by atoms with E-state index in [0.29, 0.717) is 17.2 Å². The predicted molar refractivity (Wildman–Crippen MR) is 108 cm³/mol. The van der Waals surface area contributed by atoms with Crippen LogP contribution in [0.15, 0.2) is 65.8 Å². The van der Waals surface area contributed by atoms with Crippen LogP contribution in [0.4, 0.5) is 22.9 Å². The fraction of sp³-hybridized carbons (Fsp3) is 0.105. The highest BCUT2D eigenvalue weighted by Crippen LogP contribution is 2.21. The van der Waals surface area contributed by atoms with Crippen molar-refractivity contribution in [2.75, 3.05) is 15.4 Å². The van der Waals surface area contributed by atoms with Crippen molar-refractivity contribution < 1.29 is 13.2 Å². The van der Waals surface area contributed by atoms with Crippen LogP contribution < -0.4 is 15.4 Å². The van der Waals surface area contributed by atoms with E-state index in [9.17, 15) is 13.2 Å². The van der Waals surface area contributed by atoms with Crippen LogP contribution in [0, 0.1) is 6.92 Å². The molecule has 3 rings (SSSR count). The third kappa shape index (κ3) is 5.04. The maximum Gasteiger partial charge on any atom is 0.261 e. The Kier molecular flexibility index (Phi) is 5.55. The molecule has 3 aromatic rings. The van der Waals surface area contributed by atoms with Crippen molar-refractivity contribution in [2.45, 2.75) is 18.7 Å². The van der Waals surface area contributed by atoms with Crippen LogP contribution in [-0.4, -0.2) is 24.3 Å². The molecule has 0 aliphatic heterocycles. The van der Waals surface area contributed by atoms with Crippen LogP contribution in [0.1, 0.15) is 12.6 Å². The number of rotatable bonds is 6. The summed E-state index contributed by atoms with van der Waals surface area (Å²) in [5.41, 5.74) is 2.56. The standard InChI is InChI=1S/C19H19N5O3S/c1-13-11-19(21-12-20-13)23-16-3-5-17(6-4-16)24-28(26,27)18-9-7-15(8-10-18)22-14(2)25/h3-12,24H,1-2H3,(H,22,25)(H,20,21,23). The topological polar surface area (TPSA) is 113 Å². The first-order valence-corrected chi connectivity index (χ1v) is 9.86. The van der Waals surface area contributed by atoms with Crippen molar-refractivity contribution in [1.29, 1.82) is 0 Å². The number of hydrogen-bond donors (Lipinski definition) is 3. The van der Waals surface area contributed by atoms with Crippen LogP contribution >= 0.6 is 0 Å². The van der Waals surface area contributed by atoms with Gasteiger partial charge in [-0.05, 0) is 55.5 Å². The third-order valence-corrected chi connectivity index (χ3v) is 5.10. The summed E-state index contributed by atoms with van der Waals surface area (Å²) in [7, 11) is -3.74. The average Bonchev–Trinajstić information content (AvgIpc) is 2.63. The van der Waals surface area contributed by atoms with Crippen molar-refractivity contribution in [3.63, 3.8) is 0 Å². The first-order chi connectivity index (χ1) is 13.3. The minimum Gasteiger partial charge on any atom is -0.340 e. The van der Waals surface area contributed by atoms with Gasteiger partial charge in [-0.25, -0.2) is 18.4 Å². The number of carbonyl (C=O) groups is 1. The summed E-state index contributed by atoms with van der Waals surface area (Å²) in [4.78, 5) is 19.3. The van der Waals surface area contributed by atoms with Gasteiger partial charge in [0.15, 0.2) is 0 Å². The van der Waals surface area contributed by atoms with E-state index < -0.39 is 10.0 Å². The van der Waals surface area contributed by atoms with Gasteiger partial charge in [-0.2, -0.15) is 0 Å². The number of aryl methyl sites for hydroxylation is 1. The minimum atomic E-state index is -3.74. The second kappa shape index (κ2) is 8.05. The zero-order chi connectivity index (χ0) is 20.1. The molecule has 144 valence electrons. The second-order valence-corrected chi connectivity index (χ2v) is 7.74. The lowest BCUT2D eigenvalue weighted by molar-refractivity contribution is -0.114. The number of benzene rings is 2. The summed E-state index contributed by atoms with van der Waals surface area (Å²) < 4.78 is 27.6. The number of hydrogen-bond acceptors (Lipinski definition) is 6. The molecule has 0 saturated carbocycles. The van der Waals surface area contributed by atoms with Crippen LogP contribution in [0.25, 0.3) is 0 Å². The van der Waals surface area contributed by atoms with Gasteiger partial charge in [0.25, 0.3) is 10.0 Å². The van der Waals surface area contributed by atoms with E-state index in [1.54, 1.807) is 30.3 Å². The summed E-state index contributed by atoms with van der Waals surface area (Å²) in [6.45, 7) is 3.25. The molecule has 1 heterocycles. The van der Waals surface area contributed by atoms with Gasteiger partial charge >= 0.3 is 0 Å². The predicted octanol–water partition coefficient (Wildman–Crippen LogP) is 3.29. The SMILES string of the molecule is CC(=O)Nc1ccc(S(=O)(=O)Nc2ccc(Nc3cc(C)ncn3)cc2)cc1. The van der Waals surface area contributed by atoms with Gasteiger partial charge in [-0.15, -0.1) is 0 Å². The van der Waals surface area contributed by atoms with Gasteiger partial charge in [-0.1, -0.05) is 0 Å². The smallest absolute Gasteiger partial charge is 0.261 e. The van der Waals surface area contributed by atoms with E-state index >= 15 is 0 Å². The molecule has 0 saturated heterocycles. The Morgan fingerprint density at radius 3 is 2.11 bits per heavy atom. The Morgan fingerprint density at radius 2 is 1.50 bits per heavy atom. The summed E-state index contributed by atoms with van der Waals surface area (Å²) in [6, 6.07) is 14.5. The van der Waals surface area contributed by atoms with Crippen LogP contribution in [0.3, 0.4) is 0 Å². The van der Waals surface area contributed by atoms with Crippen LogP contribution in [-0.2, 0) is 14.8 Å². The molecule has 0 unspecified atom stereocenters. The van der Waals surface area contributed by atoms with E-state index in [0.717, 1.165) is 11.4 Å². The highest BCUT2D eigenvalue weighted by Gasteiger charge is 2.14. The fourth-order valence-electron chi connectivity index (χ4n) is 2.43. The molecule has 3 N–H and O–H groups in total. The Labute approximate surface area is 163 Å². The molecule has 1 aromatic heterocycles. The molecule has 0 aliphatic carbocycles. The maximum atomic E-state index is 12.5. The highest BCUT2D eigenvalue weighted by molar-refractivity contribution is 7.92. The number of sulfonamides is 1. The number of anilines is 4. The molecule has 0 aliphatic rings. The normalized spacial score (nSPS) is 10.9. The lowest BCUT2D eigenvalue weighted by atomic mass is 10.3. The Bertz CT molecular complexity index is 1080. The van der Waals surface area contributed by atoms with Crippen molar-refractivity contribution >= 4 is 38.8 Å². The minimum absolute atomic E-state index is 0.0975. The molecule has 2 aromatic carbocycles. The first kappa shape index (κ1) is 19.3. The van der Waals surface area contributed by atoms with E-state index in [1.165, 1.54) is 37.5 Å². The van der Waals surface area contributed by atoms with Gasteiger partial charge in [0.2, 0.25) is 5.91 Å². The van der Waals surface area contributed by atoms with E-state index in [2.05, 4.69) is 25.3 Å². The van der Waals surface area contributed by atoms with Gasteiger partial charge < -0.3 is 10.6 Å². The van der Waals surface area contributed by atoms with Crippen LogP contribution in [0.2, 0.25) is 0 Å². The van der Waals surface area contributed by atoms with Gasteiger partial charge in [0.1, 0.15) is 12.1 Å². The van der Waals surface area contributed by atoms with Gasteiger partial charge in [-0.3, -0.25) is 9.52 Å². The Balaban J connectivity index is 1.69. The molecule has 9 heteroatoms. The maximum absolute atomic E-state index is 12.5. The van der Waals surface area contributed by atoms with Gasteiger partial charge in [0, 0.05) is 35.7 Å². The summed E-state index contributed by atoms with van der Waals surface area (Å²) >= 11 is 0. The fourth-order valence-corrected chi connectivity index (χ4v) is 3.49. The molecule has 1 amide bonds. The van der Waals surface area contributed by atoms with Crippen molar-refractivity contribution in [3.05, 3.63) is 66.6 Å². The zero-order valence-corrected chi connectivity index (χ0v) is 16.1. The number of nitrogens with zero attached hydrogens (tertiary/aromatic N) is 2. The first-order valence-electron chi connectivity index (χ1n) is 8.38. The number of amides is 1. The Morgan fingerprint density at radius 1 is 0.893 bits per heavy atom. The molecular formula is C19H19N5O3S. The number of nitrogens with one attached hydrogen (secondary N) is 3. The molecule has 0 bridgehead atoms. The van der Waals surface area contributed by atoms with Crippen molar-refractivity contribution in [2.24, 2.45) is 0 Å². The summed E-state index contributed by atoms with van der Waals surface area (Å²) in [5, 5.41) is 5.72. The third-order valence-electron chi connectivity index (χ3n) is 3.70. The molecule has 8 nitrogen and oxygen atoms in total. The monoisotopic (exact) mass is 397 g/mol. The molecule has 0 spiro atoms. The number of aromatic nitrogens is 2. The summed E-state index contributed by atoms with van der Waals surface area (Å²) in [6.07, 6.45) is 1.47. The quantitative estimate of drug-likeness (QED) is 0.588. The molecule has 0 radical (unpaired) electrons. The van der Waals surface area contributed by atoms with E-state index in [-0.39, 0.29) is 10.8 Å². The van der Waals surface area contributed by atoms with Crippen molar-refractivity contribution in [1.82, 2.24) is 9.97 Å². The number of carbonyl (C=O) groups excluding carboxylic acids is 1. The molecule has 28 heavy (non-hydrogen) atoms. The molecule has 0 atom stereocenters. The lowest BCUT2D eigenvalue weighted by Crippen LogP contribution is -2.13. The van der Waals surface area contributed by atoms with Gasteiger partial charge in [0.05, 0.1) is 4.90 Å². The zero-order valence-electron chi connectivity index (χ0n) is 15.3. The van der Waals surface area contributed by atoms with Crippen LogP contribution in [0.5, 0.6) is 0 Å². The largest absolute Gasteiger partial charge is 0.340 e. The highest BCUT2D eigenvalue weighted by atomic mass is 32.2. The Hall–Kier alpha value is -3.46. The molecule has 0 fully saturated rings. The second-order valence-electron chi connectivity index (χ2n) is 6.06. The lowest BCUT2D eigenvalue weighted by Gasteiger charge is -2.10. The molecular weight excluding hydrogens is 378 g/mol. The summed E-state index contributed by atoms with van der Waals surface area (Å²) in [5.74, 6) is 0.430. The van der Waals surface area contributed by atoms with E-state index in [4.69, 9.17) is 0 Å². The van der Waals surface area contributed by atoms with E-state index in [1.807, 2.05) is 6.92 Å².